The SMILES string of the molecule is COCC1CCCN(c2ncc(Br)cc2CN)C1. The summed E-state index contributed by atoms with van der Waals surface area (Å²) in [7, 11) is 1.77. The molecule has 0 amide bonds. The van der Waals surface area contributed by atoms with Gasteiger partial charge < -0.3 is 15.4 Å². The van der Waals surface area contributed by atoms with E-state index in [1.54, 1.807) is 7.11 Å². The zero-order valence-electron chi connectivity index (χ0n) is 10.7. The van der Waals surface area contributed by atoms with Gasteiger partial charge in [-0.3, -0.25) is 0 Å². The molecule has 1 aromatic heterocycles. The lowest BCUT2D eigenvalue weighted by atomic mass is 9.98. The first kappa shape index (κ1) is 13.8. The van der Waals surface area contributed by atoms with Gasteiger partial charge in [-0.2, -0.15) is 0 Å². The lowest BCUT2D eigenvalue weighted by Gasteiger charge is -2.34. The summed E-state index contributed by atoms with van der Waals surface area (Å²) in [5.41, 5.74) is 6.91. The molecule has 0 saturated carbocycles. The number of nitrogens with zero attached hydrogens (tertiary/aromatic N) is 2. The van der Waals surface area contributed by atoms with Crippen LogP contribution in [0.25, 0.3) is 0 Å². The molecule has 2 heterocycles. The molecule has 0 spiro atoms. The Hall–Kier alpha value is -0.650. The lowest BCUT2D eigenvalue weighted by molar-refractivity contribution is 0.143. The molecule has 0 aliphatic carbocycles. The predicted molar refractivity (Wildman–Crippen MR) is 76.6 cm³/mol. The van der Waals surface area contributed by atoms with E-state index in [1.807, 2.05) is 6.20 Å². The van der Waals surface area contributed by atoms with Gasteiger partial charge in [-0.15, -0.1) is 0 Å². The number of halogens is 1. The molecule has 18 heavy (non-hydrogen) atoms. The number of pyridine rings is 1. The van der Waals surface area contributed by atoms with Crippen molar-refractivity contribution in [1.82, 2.24) is 4.98 Å². The molecule has 4 nitrogen and oxygen atoms in total. The van der Waals surface area contributed by atoms with Gasteiger partial charge >= 0.3 is 0 Å². The molecule has 1 saturated heterocycles. The van der Waals surface area contributed by atoms with Gasteiger partial charge in [0, 0.05) is 43.0 Å². The minimum Gasteiger partial charge on any atom is -0.384 e. The topological polar surface area (TPSA) is 51.4 Å². The number of ether oxygens (including phenoxy) is 1. The van der Waals surface area contributed by atoms with Crippen molar-refractivity contribution in [2.45, 2.75) is 19.4 Å². The summed E-state index contributed by atoms with van der Waals surface area (Å²) in [6.07, 6.45) is 4.27. The van der Waals surface area contributed by atoms with Crippen LogP contribution in [0.4, 0.5) is 5.82 Å². The first-order chi connectivity index (χ1) is 8.74. The highest BCUT2D eigenvalue weighted by Gasteiger charge is 2.22. The zero-order chi connectivity index (χ0) is 13.0. The number of aromatic nitrogens is 1. The Balaban J connectivity index is 2.15. The molecule has 1 fully saturated rings. The van der Waals surface area contributed by atoms with Crippen LogP contribution in [0.1, 0.15) is 18.4 Å². The van der Waals surface area contributed by atoms with Crippen molar-refractivity contribution in [2.24, 2.45) is 11.7 Å². The fourth-order valence-electron chi connectivity index (χ4n) is 2.54. The van der Waals surface area contributed by atoms with Crippen molar-refractivity contribution in [3.8, 4) is 0 Å². The molecule has 1 atom stereocenters. The zero-order valence-corrected chi connectivity index (χ0v) is 12.3. The van der Waals surface area contributed by atoms with Gasteiger partial charge in [0.1, 0.15) is 5.82 Å². The van der Waals surface area contributed by atoms with Crippen molar-refractivity contribution in [1.29, 1.82) is 0 Å². The van der Waals surface area contributed by atoms with Gasteiger partial charge in [0.25, 0.3) is 0 Å². The maximum atomic E-state index is 5.81. The smallest absolute Gasteiger partial charge is 0.133 e. The molecule has 5 heteroatoms. The van der Waals surface area contributed by atoms with Gasteiger partial charge in [0.05, 0.1) is 6.61 Å². The molecule has 100 valence electrons. The van der Waals surface area contributed by atoms with Gasteiger partial charge in [-0.1, -0.05) is 0 Å². The summed E-state index contributed by atoms with van der Waals surface area (Å²) >= 11 is 3.44. The number of hydrogen-bond acceptors (Lipinski definition) is 4. The Morgan fingerprint density at radius 1 is 1.61 bits per heavy atom. The van der Waals surface area contributed by atoms with E-state index in [0.717, 1.165) is 35.6 Å². The Bertz CT molecular complexity index is 398. The maximum Gasteiger partial charge on any atom is 0.133 e. The summed E-state index contributed by atoms with van der Waals surface area (Å²) < 4.78 is 6.25. The summed E-state index contributed by atoms with van der Waals surface area (Å²) in [4.78, 5) is 6.86. The van der Waals surface area contributed by atoms with E-state index < -0.39 is 0 Å². The Labute approximate surface area is 117 Å². The molecule has 0 bridgehead atoms. The van der Waals surface area contributed by atoms with Crippen LogP contribution in [0.2, 0.25) is 0 Å². The Kier molecular flexibility index (Phi) is 4.97. The summed E-state index contributed by atoms with van der Waals surface area (Å²) in [6.45, 7) is 3.41. The number of hydrogen-bond donors (Lipinski definition) is 1. The van der Waals surface area contributed by atoms with E-state index in [-0.39, 0.29) is 0 Å². The Morgan fingerprint density at radius 2 is 2.44 bits per heavy atom. The summed E-state index contributed by atoms with van der Waals surface area (Å²) in [5.74, 6) is 1.63. The molecule has 1 unspecified atom stereocenters. The highest BCUT2D eigenvalue weighted by molar-refractivity contribution is 9.10. The third-order valence-corrected chi connectivity index (χ3v) is 3.78. The molecular weight excluding hydrogens is 294 g/mol. The van der Waals surface area contributed by atoms with Crippen LogP contribution in [0.3, 0.4) is 0 Å². The average Bonchev–Trinajstić information content (AvgIpc) is 2.39. The molecule has 2 N–H and O–H groups in total. The van der Waals surface area contributed by atoms with Crippen LogP contribution in [-0.2, 0) is 11.3 Å². The van der Waals surface area contributed by atoms with Crippen molar-refractivity contribution in [3.05, 3.63) is 22.3 Å². The number of methoxy groups -OCH3 is 1. The normalized spacial score (nSPS) is 20.2. The fourth-order valence-corrected chi connectivity index (χ4v) is 2.92. The largest absolute Gasteiger partial charge is 0.384 e. The van der Waals surface area contributed by atoms with Gasteiger partial charge in [-0.25, -0.2) is 4.98 Å². The second-order valence-electron chi connectivity index (χ2n) is 4.75. The quantitative estimate of drug-likeness (QED) is 0.925. The maximum absolute atomic E-state index is 5.81. The van der Waals surface area contributed by atoms with Gasteiger partial charge in [0.15, 0.2) is 0 Å². The van der Waals surface area contributed by atoms with E-state index in [4.69, 9.17) is 10.5 Å². The highest BCUT2D eigenvalue weighted by atomic mass is 79.9. The van der Waals surface area contributed by atoms with Crippen molar-refractivity contribution in [3.63, 3.8) is 0 Å². The second kappa shape index (κ2) is 6.50. The fraction of sp³-hybridized carbons (Fsp3) is 0.615. The molecular formula is C13H20BrN3O. The molecule has 1 aliphatic heterocycles. The average molecular weight is 314 g/mol. The summed E-state index contributed by atoms with van der Waals surface area (Å²) in [5, 5.41) is 0. The molecule has 1 aliphatic rings. The standard InChI is InChI=1S/C13H20BrN3O/c1-18-9-10-3-2-4-17(8-10)13-11(6-15)5-12(14)7-16-13/h5,7,10H,2-4,6,8-9,15H2,1H3. The predicted octanol–water partition coefficient (Wildman–Crippen LogP) is 2.17. The van der Waals surface area contributed by atoms with Crippen LogP contribution in [0, 0.1) is 5.92 Å². The van der Waals surface area contributed by atoms with Gasteiger partial charge in [-0.05, 0) is 40.8 Å². The van der Waals surface area contributed by atoms with E-state index in [0.29, 0.717) is 12.5 Å². The minimum atomic E-state index is 0.521. The van der Waals surface area contributed by atoms with Gasteiger partial charge in [0.2, 0.25) is 0 Å². The lowest BCUT2D eigenvalue weighted by Crippen LogP contribution is -2.38. The Morgan fingerprint density at radius 3 is 3.17 bits per heavy atom. The third-order valence-electron chi connectivity index (χ3n) is 3.35. The molecule has 1 aromatic rings. The van der Waals surface area contributed by atoms with Crippen LogP contribution in [-0.4, -0.2) is 31.8 Å². The van der Waals surface area contributed by atoms with Crippen LogP contribution in [0.5, 0.6) is 0 Å². The van der Waals surface area contributed by atoms with Crippen LogP contribution in [0.15, 0.2) is 16.7 Å². The first-order valence-corrected chi connectivity index (χ1v) is 7.12. The van der Waals surface area contributed by atoms with Crippen molar-refractivity contribution in [2.75, 3.05) is 31.7 Å². The third kappa shape index (κ3) is 3.22. The second-order valence-corrected chi connectivity index (χ2v) is 5.67. The molecule has 0 radical (unpaired) electrons. The van der Waals surface area contributed by atoms with E-state index >= 15 is 0 Å². The molecule has 2 rings (SSSR count). The summed E-state index contributed by atoms with van der Waals surface area (Å²) in [6, 6.07) is 2.06. The first-order valence-electron chi connectivity index (χ1n) is 6.33. The van der Waals surface area contributed by atoms with Crippen LogP contribution < -0.4 is 10.6 Å². The van der Waals surface area contributed by atoms with Crippen molar-refractivity contribution < 1.29 is 4.74 Å². The van der Waals surface area contributed by atoms with E-state index in [9.17, 15) is 0 Å². The van der Waals surface area contributed by atoms with E-state index in [2.05, 4.69) is 31.9 Å². The van der Waals surface area contributed by atoms with Crippen LogP contribution >= 0.6 is 15.9 Å². The molecule has 0 aromatic carbocycles. The number of nitrogens with two attached hydrogens (primary N) is 1. The van der Waals surface area contributed by atoms with Crippen molar-refractivity contribution >= 4 is 21.7 Å². The van der Waals surface area contributed by atoms with E-state index in [1.165, 1.54) is 12.8 Å². The highest BCUT2D eigenvalue weighted by Crippen LogP contribution is 2.26. The monoisotopic (exact) mass is 313 g/mol. The number of rotatable bonds is 4. The number of anilines is 1. The number of piperidine rings is 1. The minimum absolute atomic E-state index is 0.521.